The van der Waals surface area contributed by atoms with E-state index in [2.05, 4.69) is 41.1 Å². The zero-order valence-corrected chi connectivity index (χ0v) is 14.9. The molecule has 23 heavy (non-hydrogen) atoms. The standard InChI is InChI=1S/C19H19BrO3/c1-12-11-19(8-7-13-5-3-4-6-16(13)22-19)23-17-10-18(21-2)15(20)9-14(12)17/h3-6,9-10,12H,7-8,11H2,1-2H3. The van der Waals surface area contributed by atoms with Crippen LogP contribution in [-0.2, 0) is 6.42 Å². The number of rotatable bonds is 1. The molecule has 2 unspecified atom stereocenters. The fourth-order valence-electron chi connectivity index (χ4n) is 3.60. The molecule has 0 aliphatic carbocycles. The van der Waals surface area contributed by atoms with Crippen molar-refractivity contribution in [3.63, 3.8) is 0 Å². The van der Waals surface area contributed by atoms with Gasteiger partial charge in [0.25, 0.3) is 5.79 Å². The van der Waals surface area contributed by atoms with Crippen molar-refractivity contribution in [3.05, 3.63) is 52.0 Å². The third-order valence-corrected chi connectivity index (χ3v) is 5.39. The maximum Gasteiger partial charge on any atom is 0.252 e. The molecule has 120 valence electrons. The Morgan fingerprint density at radius 2 is 1.96 bits per heavy atom. The van der Waals surface area contributed by atoms with E-state index in [4.69, 9.17) is 14.2 Å². The number of benzene rings is 2. The first-order valence-corrected chi connectivity index (χ1v) is 8.73. The molecule has 3 nitrogen and oxygen atoms in total. The van der Waals surface area contributed by atoms with Crippen molar-refractivity contribution in [2.75, 3.05) is 7.11 Å². The number of hydrogen-bond acceptors (Lipinski definition) is 3. The Kier molecular flexibility index (Phi) is 3.52. The molecule has 0 N–H and O–H groups in total. The minimum Gasteiger partial charge on any atom is -0.495 e. The van der Waals surface area contributed by atoms with E-state index in [9.17, 15) is 0 Å². The lowest BCUT2D eigenvalue weighted by Gasteiger charge is -2.43. The first kappa shape index (κ1) is 14.9. The van der Waals surface area contributed by atoms with Crippen molar-refractivity contribution < 1.29 is 14.2 Å². The van der Waals surface area contributed by atoms with Gasteiger partial charge >= 0.3 is 0 Å². The lowest BCUT2D eigenvalue weighted by molar-refractivity contribution is -0.144. The fraction of sp³-hybridized carbons (Fsp3) is 0.368. The summed E-state index contributed by atoms with van der Waals surface area (Å²) in [4.78, 5) is 0. The number of halogens is 1. The zero-order chi connectivity index (χ0) is 16.0. The molecule has 1 spiro atoms. The summed E-state index contributed by atoms with van der Waals surface area (Å²) in [7, 11) is 1.67. The molecule has 0 aromatic heterocycles. The third-order valence-electron chi connectivity index (χ3n) is 4.77. The first-order chi connectivity index (χ1) is 11.1. The highest BCUT2D eigenvalue weighted by atomic mass is 79.9. The monoisotopic (exact) mass is 374 g/mol. The van der Waals surface area contributed by atoms with Crippen LogP contribution >= 0.6 is 15.9 Å². The first-order valence-electron chi connectivity index (χ1n) is 7.93. The smallest absolute Gasteiger partial charge is 0.252 e. The topological polar surface area (TPSA) is 27.7 Å². The van der Waals surface area contributed by atoms with Gasteiger partial charge in [0.05, 0.1) is 11.6 Å². The number of methoxy groups -OCH3 is 1. The summed E-state index contributed by atoms with van der Waals surface area (Å²) in [6.07, 6.45) is 2.70. The van der Waals surface area contributed by atoms with E-state index in [0.717, 1.165) is 41.0 Å². The van der Waals surface area contributed by atoms with Crippen LogP contribution in [0, 0.1) is 0 Å². The minimum atomic E-state index is -0.570. The second-order valence-corrected chi connectivity index (χ2v) is 7.21. The van der Waals surface area contributed by atoms with Crippen LogP contribution in [0.3, 0.4) is 0 Å². The largest absolute Gasteiger partial charge is 0.495 e. The Bertz CT molecular complexity index is 758. The molecule has 2 aliphatic rings. The van der Waals surface area contributed by atoms with Gasteiger partial charge in [-0.25, -0.2) is 0 Å². The van der Waals surface area contributed by atoms with E-state index in [-0.39, 0.29) is 0 Å². The van der Waals surface area contributed by atoms with Gasteiger partial charge in [0.15, 0.2) is 0 Å². The second kappa shape index (κ2) is 5.45. The molecule has 2 heterocycles. The SMILES string of the molecule is COc1cc2c(cc1Br)C(C)CC1(CCc3ccccc3O1)O2. The molecule has 4 rings (SSSR count). The zero-order valence-electron chi connectivity index (χ0n) is 13.3. The Balaban J connectivity index is 1.72. The predicted octanol–water partition coefficient (Wildman–Crippen LogP) is 5.07. The van der Waals surface area contributed by atoms with Crippen LogP contribution in [0.15, 0.2) is 40.9 Å². The number of hydrogen-bond donors (Lipinski definition) is 0. The predicted molar refractivity (Wildman–Crippen MR) is 92.5 cm³/mol. The number of fused-ring (bicyclic) bond motifs is 2. The number of ether oxygens (including phenoxy) is 3. The molecular weight excluding hydrogens is 356 g/mol. The molecule has 0 bridgehead atoms. The van der Waals surface area contributed by atoms with E-state index in [1.807, 2.05) is 18.2 Å². The van der Waals surface area contributed by atoms with Gasteiger partial charge in [-0.2, -0.15) is 0 Å². The van der Waals surface area contributed by atoms with Crippen molar-refractivity contribution in [2.45, 2.75) is 37.9 Å². The molecule has 0 saturated heterocycles. The lowest BCUT2D eigenvalue weighted by Crippen LogP contribution is -2.48. The highest BCUT2D eigenvalue weighted by Crippen LogP contribution is 2.48. The summed E-state index contributed by atoms with van der Waals surface area (Å²) >= 11 is 3.56. The Hall–Kier alpha value is -1.68. The van der Waals surface area contributed by atoms with Gasteiger partial charge in [-0.1, -0.05) is 25.1 Å². The highest BCUT2D eigenvalue weighted by molar-refractivity contribution is 9.10. The van der Waals surface area contributed by atoms with E-state index in [0.29, 0.717) is 5.92 Å². The maximum atomic E-state index is 6.36. The van der Waals surface area contributed by atoms with Crippen molar-refractivity contribution in [1.82, 2.24) is 0 Å². The summed E-state index contributed by atoms with van der Waals surface area (Å²) in [5.74, 6) is 2.39. The van der Waals surface area contributed by atoms with Gasteiger partial charge in [0.2, 0.25) is 0 Å². The Morgan fingerprint density at radius 1 is 1.17 bits per heavy atom. The van der Waals surface area contributed by atoms with Crippen LogP contribution < -0.4 is 14.2 Å². The Morgan fingerprint density at radius 3 is 2.78 bits per heavy atom. The van der Waals surface area contributed by atoms with E-state index in [1.165, 1.54) is 11.1 Å². The Labute approximate surface area is 144 Å². The minimum absolute atomic E-state index is 0.367. The summed E-state index contributed by atoms with van der Waals surface area (Å²) < 4.78 is 19.0. The fourth-order valence-corrected chi connectivity index (χ4v) is 4.12. The third kappa shape index (κ3) is 2.49. The van der Waals surface area contributed by atoms with Crippen LogP contribution in [0.4, 0.5) is 0 Å². The quantitative estimate of drug-likeness (QED) is 0.697. The van der Waals surface area contributed by atoms with Gasteiger partial charge < -0.3 is 14.2 Å². The summed E-state index contributed by atoms with van der Waals surface area (Å²) in [5, 5.41) is 0. The molecule has 2 aromatic carbocycles. The summed E-state index contributed by atoms with van der Waals surface area (Å²) in [6.45, 7) is 2.23. The van der Waals surface area contributed by atoms with Gasteiger partial charge in [-0.3, -0.25) is 0 Å². The maximum absolute atomic E-state index is 6.36. The molecule has 2 atom stereocenters. The van der Waals surface area contributed by atoms with Crippen LogP contribution in [0.25, 0.3) is 0 Å². The molecule has 4 heteroatoms. The number of aryl methyl sites for hydroxylation is 1. The van der Waals surface area contributed by atoms with Crippen molar-refractivity contribution in [3.8, 4) is 17.2 Å². The summed E-state index contributed by atoms with van der Waals surface area (Å²) in [6, 6.07) is 12.3. The molecule has 0 saturated carbocycles. The van der Waals surface area contributed by atoms with E-state index in [1.54, 1.807) is 7.11 Å². The van der Waals surface area contributed by atoms with Crippen molar-refractivity contribution >= 4 is 15.9 Å². The second-order valence-electron chi connectivity index (χ2n) is 6.35. The van der Waals surface area contributed by atoms with Gasteiger partial charge in [0, 0.05) is 18.9 Å². The molecule has 2 aromatic rings. The van der Waals surface area contributed by atoms with Crippen LogP contribution in [0.5, 0.6) is 17.2 Å². The number of para-hydroxylation sites is 1. The molecule has 0 amide bonds. The van der Waals surface area contributed by atoms with Crippen molar-refractivity contribution in [2.24, 2.45) is 0 Å². The van der Waals surface area contributed by atoms with Crippen LogP contribution in [0.2, 0.25) is 0 Å². The van der Waals surface area contributed by atoms with Crippen LogP contribution in [-0.4, -0.2) is 12.9 Å². The summed E-state index contributed by atoms with van der Waals surface area (Å²) in [5.41, 5.74) is 2.46. The normalized spacial score (nSPS) is 25.1. The average molecular weight is 375 g/mol. The highest BCUT2D eigenvalue weighted by Gasteiger charge is 2.44. The molecule has 2 aliphatic heterocycles. The van der Waals surface area contributed by atoms with Crippen molar-refractivity contribution in [1.29, 1.82) is 0 Å². The molecule has 0 radical (unpaired) electrons. The van der Waals surface area contributed by atoms with E-state index >= 15 is 0 Å². The van der Waals surface area contributed by atoms with Crippen LogP contribution in [0.1, 0.15) is 36.8 Å². The molecule has 0 fully saturated rings. The average Bonchev–Trinajstić information content (AvgIpc) is 2.55. The van der Waals surface area contributed by atoms with Gasteiger partial charge in [-0.05, 0) is 51.5 Å². The van der Waals surface area contributed by atoms with Gasteiger partial charge in [0.1, 0.15) is 17.2 Å². The lowest BCUT2D eigenvalue weighted by atomic mass is 9.85. The van der Waals surface area contributed by atoms with Gasteiger partial charge in [-0.15, -0.1) is 0 Å². The van der Waals surface area contributed by atoms with E-state index < -0.39 is 5.79 Å². The molecular formula is C19H19BrO3.